The highest BCUT2D eigenvalue weighted by Crippen LogP contribution is 2.16. The molecule has 1 aromatic carbocycles. The van der Waals surface area contributed by atoms with E-state index in [0.29, 0.717) is 0 Å². The number of pyridine rings is 1. The summed E-state index contributed by atoms with van der Waals surface area (Å²) in [6.07, 6.45) is 1.71. The van der Waals surface area contributed by atoms with E-state index in [1.165, 1.54) is 0 Å². The number of nitrogens with zero attached hydrogens (tertiary/aromatic N) is 1. The van der Waals surface area contributed by atoms with Crippen LogP contribution >= 0.6 is 0 Å². The zero-order valence-electron chi connectivity index (χ0n) is 6.74. The zero-order valence-corrected chi connectivity index (χ0v) is 6.74. The van der Waals surface area contributed by atoms with Crippen LogP contribution in [-0.4, -0.2) is 12.1 Å². The third-order valence-corrected chi connectivity index (χ3v) is 1.74. The monoisotopic (exact) mass is 158 g/mol. The molecule has 0 unspecified atom stereocenters. The Morgan fingerprint density at radius 3 is 3.25 bits per heavy atom. The van der Waals surface area contributed by atoms with Gasteiger partial charge in [-0.1, -0.05) is 6.07 Å². The normalized spacial score (nSPS) is 10.1. The van der Waals surface area contributed by atoms with Gasteiger partial charge in [-0.2, -0.15) is 0 Å². The van der Waals surface area contributed by atoms with Gasteiger partial charge in [-0.15, -0.1) is 0 Å². The van der Waals surface area contributed by atoms with Gasteiger partial charge in [-0.05, 0) is 24.3 Å². The molecule has 0 saturated heterocycles. The Labute approximate surface area is 70.8 Å². The Morgan fingerprint density at radius 1 is 1.50 bits per heavy atom. The van der Waals surface area contributed by atoms with Crippen LogP contribution < -0.4 is 4.74 Å². The van der Waals surface area contributed by atoms with Crippen molar-refractivity contribution in [1.29, 1.82) is 0 Å². The summed E-state index contributed by atoms with van der Waals surface area (Å²) in [5, 5.41) is 1.05. The molecule has 1 heterocycles. The minimum Gasteiger partial charge on any atom is -0.495 e. The van der Waals surface area contributed by atoms with E-state index < -0.39 is 0 Å². The van der Waals surface area contributed by atoms with Crippen molar-refractivity contribution in [2.75, 3.05) is 7.11 Å². The molecule has 12 heavy (non-hydrogen) atoms. The Hall–Kier alpha value is -1.57. The van der Waals surface area contributed by atoms with E-state index in [1.807, 2.05) is 24.3 Å². The largest absolute Gasteiger partial charge is 0.495 e. The predicted octanol–water partition coefficient (Wildman–Crippen LogP) is 2.04. The van der Waals surface area contributed by atoms with Crippen LogP contribution in [0.1, 0.15) is 0 Å². The van der Waals surface area contributed by atoms with E-state index in [9.17, 15) is 0 Å². The number of ether oxygens (including phenoxy) is 1. The maximum absolute atomic E-state index is 5.05. The lowest BCUT2D eigenvalue weighted by Gasteiger charge is -1.99. The molecule has 1 radical (unpaired) electrons. The molecule has 0 atom stereocenters. The molecule has 0 fully saturated rings. The average molecular weight is 158 g/mol. The molecule has 2 heteroatoms. The van der Waals surface area contributed by atoms with E-state index in [-0.39, 0.29) is 0 Å². The maximum atomic E-state index is 5.05. The number of benzene rings is 1. The highest BCUT2D eigenvalue weighted by molar-refractivity contribution is 5.79. The Balaban J connectivity index is 2.67. The van der Waals surface area contributed by atoms with E-state index >= 15 is 0 Å². The van der Waals surface area contributed by atoms with Crippen molar-refractivity contribution in [1.82, 2.24) is 4.98 Å². The number of rotatable bonds is 1. The van der Waals surface area contributed by atoms with Crippen LogP contribution in [-0.2, 0) is 0 Å². The molecule has 0 aliphatic rings. The second-order valence-corrected chi connectivity index (χ2v) is 2.49. The van der Waals surface area contributed by atoms with E-state index in [0.717, 1.165) is 16.7 Å². The van der Waals surface area contributed by atoms with Gasteiger partial charge >= 0.3 is 0 Å². The summed E-state index contributed by atoms with van der Waals surface area (Å²) in [6, 6.07) is 10.6. The second kappa shape index (κ2) is 2.81. The number of methoxy groups -OCH3 is 1. The predicted molar refractivity (Wildman–Crippen MR) is 47.1 cm³/mol. The van der Waals surface area contributed by atoms with E-state index in [2.05, 4.69) is 11.1 Å². The fourth-order valence-electron chi connectivity index (χ4n) is 1.10. The number of hydrogen-bond donors (Lipinski definition) is 0. The number of hydrogen-bond acceptors (Lipinski definition) is 2. The van der Waals surface area contributed by atoms with Crippen LogP contribution in [0, 0.1) is 6.07 Å². The fourth-order valence-corrected chi connectivity index (χ4v) is 1.10. The topological polar surface area (TPSA) is 22.1 Å². The molecule has 59 valence electrons. The third kappa shape index (κ3) is 1.11. The molecule has 0 N–H and O–H groups in total. The second-order valence-electron chi connectivity index (χ2n) is 2.49. The molecular weight excluding hydrogens is 150 g/mol. The molecule has 1 aromatic heterocycles. The molecule has 0 spiro atoms. The van der Waals surface area contributed by atoms with Gasteiger partial charge in [0.1, 0.15) is 5.75 Å². The van der Waals surface area contributed by atoms with Crippen LogP contribution in [0.4, 0.5) is 0 Å². The summed E-state index contributed by atoms with van der Waals surface area (Å²) in [4.78, 5) is 4.21. The molecule has 0 aliphatic heterocycles. The summed E-state index contributed by atoms with van der Waals surface area (Å²) < 4.78 is 5.05. The lowest BCUT2D eigenvalue weighted by Crippen LogP contribution is -1.84. The lowest BCUT2D eigenvalue weighted by molar-refractivity contribution is 0.414. The van der Waals surface area contributed by atoms with Crippen LogP contribution in [0.15, 0.2) is 30.5 Å². The van der Waals surface area contributed by atoms with Crippen molar-refractivity contribution in [3.8, 4) is 5.75 Å². The van der Waals surface area contributed by atoms with E-state index in [1.54, 1.807) is 13.3 Å². The molecular formula is C10H8NO. The molecule has 2 nitrogen and oxygen atoms in total. The van der Waals surface area contributed by atoms with Crippen molar-refractivity contribution in [2.45, 2.75) is 0 Å². The van der Waals surface area contributed by atoms with Gasteiger partial charge in [-0.3, -0.25) is 4.98 Å². The maximum Gasteiger partial charge on any atom is 0.137 e. The van der Waals surface area contributed by atoms with Gasteiger partial charge in [0.15, 0.2) is 0 Å². The summed E-state index contributed by atoms with van der Waals surface area (Å²) >= 11 is 0. The van der Waals surface area contributed by atoms with Crippen LogP contribution in [0.5, 0.6) is 5.75 Å². The SMILES string of the molecule is COc1cnc2cc[c]cc2c1. The van der Waals surface area contributed by atoms with Gasteiger partial charge in [0.2, 0.25) is 0 Å². The number of fused-ring (bicyclic) bond motifs is 1. The zero-order chi connectivity index (χ0) is 8.39. The van der Waals surface area contributed by atoms with Gasteiger partial charge < -0.3 is 4.74 Å². The smallest absolute Gasteiger partial charge is 0.137 e. The number of aromatic nitrogens is 1. The minimum atomic E-state index is 0.780. The summed E-state index contributed by atoms with van der Waals surface area (Å²) in [6.45, 7) is 0. The quantitative estimate of drug-likeness (QED) is 0.633. The Kier molecular flexibility index (Phi) is 1.67. The van der Waals surface area contributed by atoms with Gasteiger partial charge in [0.05, 0.1) is 18.8 Å². The molecule has 0 saturated carbocycles. The lowest BCUT2D eigenvalue weighted by atomic mass is 10.2. The standard InChI is InChI=1S/C10H8NO/c1-12-9-6-8-4-2-3-5-10(8)11-7-9/h3-7H,1H3. The van der Waals surface area contributed by atoms with Gasteiger partial charge in [0.25, 0.3) is 0 Å². The Morgan fingerprint density at radius 2 is 2.42 bits per heavy atom. The summed E-state index contributed by atoms with van der Waals surface area (Å²) in [7, 11) is 1.63. The van der Waals surface area contributed by atoms with Crippen molar-refractivity contribution >= 4 is 10.9 Å². The Bertz CT molecular complexity index is 398. The fraction of sp³-hybridized carbons (Fsp3) is 0.100. The first kappa shape index (κ1) is 7.10. The average Bonchev–Trinajstić information content (AvgIpc) is 2.17. The molecule has 0 amide bonds. The first-order valence-corrected chi connectivity index (χ1v) is 3.70. The van der Waals surface area contributed by atoms with Crippen LogP contribution in [0.2, 0.25) is 0 Å². The van der Waals surface area contributed by atoms with Gasteiger partial charge in [-0.25, -0.2) is 0 Å². The first-order chi connectivity index (χ1) is 5.90. The highest BCUT2D eigenvalue weighted by atomic mass is 16.5. The van der Waals surface area contributed by atoms with Crippen molar-refractivity contribution in [3.05, 3.63) is 36.5 Å². The van der Waals surface area contributed by atoms with Gasteiger partial charge in [0, 0.05) is 5.39 Å². The molecule has 0 bridgehead atoms. The third-order valence-electron chi connectivity index (χ3n) is 1.74. The molecule has 2 aromatic rings. The molecule has 0 aliphatic carbocycles. The summed E-state index contributed by atoms with van der Waals surface area (Å²) in [5.41, 5.74) is 0.967. The van der Waals surface area contributed by atoms with Crippen molar-refractivity contribution < 1.29 is 4.74 Å². The highest BCUT2D eigenvalue weighted by Gasteiger charge is 1.94. The minimum absolute atomic E-state index is 0.780. The summed E-state index contributed by atoms with van der Waals surface area (Å²) in [5.74, 6) is 0.780. The first-order valence-electron chi connectivity index (χ1n) is 3.70. The van der Waals surface area contributed by atoms with Crippen molar-refractivity contribution in [2.24, 2.45) is 0 Å². The molecule has 2 rings (SSSR count). The van der Waals surface area contributed by atoms with Crippen LogP contribution in [0.3, 0.4) is 0 Å². The van der Waals surface area contributed by atoms with E-state index in [4.69, 9.17) is 4.74 Å². The van der Waals surface area contributed by atoms with Crippen molar-refractivity contribution in [3.63, 3.8) is 0 Å². The van der Waals surface area contributed by atoms with Crippen LogP contribution in [0.25, 0.3) is 10.9 Å².